The van der Waals surface area contributed by atoms with Crippen molar-refractivity contribution in [1.82, 2.24) is 0 Å². The molecule has 0 aliphatic heterocycles. The summed E-state index contributed by atoms with van der Waals surface area (Å²) in [5.41, 5.74) is 2.11. The largest absolute Gasteiger partial charge is 0.497 e. The maximum absolute atomic E-state index is 12.3. The van der Waals surface area contributed by atoms with Gasteiger partial charge in [-0.3, -0.25) is 9.59 Å². The van der Waals surface area contributed by atoms with Gasteiger partial charge in [0, 0.05) is 5.56 Å². The monoisotopic (exact) mass is 268 g/mol. The van der Waals surface area contributed by atoms with E-state index < -0.39 is 11.6 Å². The van der Waals surface area contributed by atoms with E-state index in [4.69, 9.17) is 9.47 Å². The van der Waals surface area contributed by atoms with E-state index in [1.54, 1.807) is 43.5 Å². The number of Topliss-reactive ketones (excluding diaryl/α,β-unsaturated/α-hetero) is 2. The molecule has 1 aliphatic carbocycles. The van der Waals surface area contributed by atoms with Gasteiger partial charge in [-0.1, -0.05) is 12.1 Å². The van der Waals surface area contributed by atoms with Crippen molar-refractivity contribution in [1.29, 1.82) is 0 Å². The summed E-state index contributed by atoms with van der Waals surface area (Å²) < 4.78 is 10.4. The topological polar surface area (TPSA) is 52.6 Å². The lowest BCUT2D eigenvalue weighted by Crippen LogP contribution is -2.22. The molecule has 0 atom stereocenters. The molecular weight excluding hydrogens is 256 g/mol. The van der Waals surface area contributed by atoms with Crippen LogP contribution in [0.1, 0.15) is 20.7 Å². The second kappa shape index (κ2) is 4.49. The molecule has 2 aromatic rings. The summed E-state index contributed by atoms with van der Waals surface area (Å²) in [5, 5.41) is 0. The SMILES string of the molecule is COc1ccc2c(c1)-c1cccc(OC)c1C(=O)C2=O. The summed E-state index contributed by atoms with van der Waals surface area (Å²) >= 11 is 0. The molecule has 4 nitrogen and oxygen atoms in total. The summed E-state index contributed by atoms with van der Waals surface area (Å²) in [4.78, 5) is 24.5. The molecule has 3 rings (SSSR count). The van der Waals surface area contributed by atoms with E-state index in [0.29, 0.717) is 33.8 Å². The fourth-order valence-corrected chi connectivity index (χ4v) is 2.47. The molecule has 2 aromatic carbocycles. The fourth-order valence-electron chi connectivity index (χ4n) is 2.47. The highest BCUT2D eigenvalue weighted by Crippen LogP contribution is 2.39. The number of hydrogen-bond donors (Lipinski definition) is 0. The Morgan fingerprint density at radius 2 is 1.60 bits per heavy atom. The van der Waals surface area contributed by atoms with Crippen LogP contribution in [0.5, 0.6) is 11.5 Å². The third kappa shape index (κ3) is 1.61. The molecule has 0 heterocycles. The Hall–Kier alpha value is -2.62. The lowest BCUT2D eigenvalue weighted by molar-refractivity contribution is 0.0813. The normalized spacial score (nSPS) is 12.7. The predicted molar refractivity (Wildman–Crippen MR) is 73.6 cm³/mol. The third-order valence-corrected chi connectivity index (χ3v) is 3.44. The average molecular weight is 268 g/mol. The highest BCUT2D eigenvalue weighted by Gasteiger charge is 2.33. The lowest BCUT2D eigenvalue weighted by Gasteiger charge is -2.20. The van der Waals surface area contributed by atoms with Crippen LogP contribution in [-0.4, -0.2) is 25.8 Å². The highest BCUT2D eigenvalue weighted by atomic mass is 16.5. The number of carbonyl (C=O) groups excluding carboxylic acids is 2. The minimum atomic E-state index is -0.532. The van der Waals surface area contributed by atoms with E-state index in [0.717, 1.165) is 0 Å². The van der Waals surface area contributed by atoms with Crippen LogP contribution in [0, 0.1) is 0 Å². The van der Waals surface area contributed by atoms with Crippen LogP contribution < -0.4 is 9.47 Å². The van der Waals surface area contributed by atoms with E-state index in [2.05, 4.69) is 0 Å². The maximum Gasteiger partial charge on any atom is 0.237 e. The Labute approximate surface area is 115 Å². The summed E-state index contributed by atoms with van der Waals surface area (Å²) in [6.07, 6.45) is 0. The van der Waals surface area contributed by atoms with Crippen LogP contribution in [0.3, 0.4) is 0 Å². The Kier molecular flexibility index (Phi) is 2.79. The van der Waals surface area contributed by atoms with Crippen LogP contribution >= 0.6 is 0 Å². The van der Waals surface area contributed by atoms with E-state index in [9.17, 15) is 9.59 Å². The van der Waals surface area contributed by atoms with Crippen LogP contribution in [-0.2, 0) is 0 Å². The molecule has 100 valence electrons. The van der Waals surface area contributed by atoms with E-state index >= 15 is 0 Å². The number of ether oxygens (including phenoxy) is 2. The van der Waals surface area contributed by atoms with E-state index in [-0.39, 0.29) is 0 Å². The molecule has 0 spiro atoms. The molecule has 0 fully saturated rings. The number of hydrogen-bond acceptors (Lipinski definition) is 4. The summed E-state index contributed by atoms with van der Waals surface area (Å²) in [6, 6.07) is 10.3. The average Bonchev–Trinajstić information content (AvgIpc) is 2.51. The van der Waals surface area contributed by atoms with Gasteiger partial charge in [-0.2, -0.15) is 0 Å². The van der Waals surface area contributed by atoms with Gasteiger partial charge >= 0.3 is 0 Å². The van der Waals surface area contributed by atoms with Gasteiger partial charge in [0.15, 0.2) is 0 Å². The smallest absolute Gasteiger partial charge is 0.237 e. The van der Waals surface area contributed by atoms with Crippen molar-refractivity contribution < 1.29 is 19.1 Å². The standard InChI is InChI=1S/C16H12O4/c1-19-9-6-7-11-12(8-9)10-4-3-5-13(20-2)14(10)16(18)15(11)17/h3-8H,1-2H3. The molecule has 20 heavy (non-hydrogen) atoms. The second-order valence-electron chi connectivity index (χ2n) is 4.45. The Bertz CT molecular complexity index is 731. The highest BCUT2D eigenvalue weighted by molar-refractivity contribution is 6.53. The fraction of sp³-hybridized carbons (Fsp3) is 0.125. The minimum Gasteiger partial charge on any atom is -0.497 e. The van der Waals surface area contributed by atoms with Crippen LogP contribution in [0.25, 0.3) is 11.1 Å². The zero-order chi connectivity index (χ0) is 14.3. The number of fused-ring (bicyclic) bond motifs is 3. The number of benzene rings is 2. The van der Waals surface area contributed by atoms with Gasteiger partial charge in [-0.05, 0) is 35.4 Å². The van der Waals surface area contributed by atoms with E-state index in [1.807, 2.05) is 0 Å². The van der Waals surface area contributed by atoms with Crippen molar-refractivity contribution in [3.63, 3.8) is 0 Å². The second-order valence-corrected chi connectivity index (χ2v) is 4.45. The van der Waals surface area contributed by atoms with Crippen LogP contribution in [0.4, 0.5) is 0 Å². The minimum absolute atomic E-state index is 0.320. The van der Waals surface area contributed by atoms with Gasteiger partial charge in [0.2, 0.25) is 11.6 Å². The first kappa shape index (κ1) is 12.4. The summed E-state index contributed by atoms with van der Waals surface area (Å²) in [6.45, 7) is 0. The van der Waals surface area contributed by atoms with E-state index in [1.165, 1.54) is 7.11 Å². The lowest BCUT2D eigenvalue weighted by atomic mass is 9.83. The zero-order valence-corrected chi connectivity index (χ0v) is 11.1. The van der Waals surface area contributed by atoms with Crippen molar-refractivity contribution in [2.45, 2.75) is 0 Å². The number of methoxy groups -OCH3 is 2. The number of carbonyl (C=O) groups is 2. The van der Waals surface area contributed by atoms with Gasteiger partial charge in [0.25, 0.3) is 0 Å². The molecule has 4 heteroatoms. The Balaban J connectivity index is 2.36. The van der Waals surface area contributed by atoms with Crippen molar-refractivity contribution in [2.75, 3.05) is 14.2 Å². The first-order valence-electron chi connectivity index (χ1n) is 6.12. The van der Waals surface area contributed by atoms with Crippen LogP contribution in [0.15, 0.2) is 36.4 Å². The summed E-state index contributed by atoms with van der Waals surface area (Å²) in [7, 11) is 3.04. The van der Waals surface area contributed by atoms with Crippen molar-refractivity contribution in [3.05, 3.63) is 47.5 Å². The molecule has 0 N–H and O–H groups in total. The third-order valence-electron chi connectivity index (χ3n) is 3.44. The molecule has 0 aromatic heterocycles. The van der Waals surface area contributed by atoms with Crippen LogP contribution in [0.2, 0.25) is 0 Å². The molecule has 1 aliphatic rings. The Morgan fingerprint density at radius 1 is 0.800 bits per heavy atom. The summed E-state index contributed by atoms with van der Waals surface area (Å²) in [5.74, 6) is 0.00348. The van der Waals surface area contributed by atoms with Crippen molar-refractivity contribution in [3.8, 4) is 22.6 Å². The maximum atomic E-state index is 12.3. The number of rotatable bonds is 2. The van der Waals surface area contributed by atoms with Gasteiger partial charge in [-0.15, -0.1) is 0 Å². The first-order chi connectivity index (χ1) is 9.67. The molecule has 0 unspecified atom stereocenters. The molecule has 0 saturated carbocycles. The molecule has 0 bridgehead atoms. The number of ketones is 2. The Morgan fingerprint density at radius 3 is 2.30 bits per heavy atom. The first-order valence-corrected chi connectivity index (χ1v) is 6.12. The van der Waals surface area contributed by atoms with Gasteiger partial charge in [-0.25, -0.2) is 0 Å². The van der Waals surface area contributed by atoms with Crippen molar-refractivity contribution >= 4 is 11.6 Å². The predicted octanol–water partition coefficient (Wildman–Crippen LogP) is 2.75. The molecule has 0 amide bonds. The quantitative estimate of drug-likeness (QED) is 0.786. The zero-order valence-electron chi connectivity index (χ0n) is 11.1. The van der Waals surface area contributed by atoms with Gasteiger partial charge in [0.05, 0.1) is 19.8 Å². The van der Waals surface area contributed by atoms with Gasteiger partial charge < -0.3 is 9.47 Å². The molecule has 0 saturated heterocycles. The van der Waals surface area contributed by atoms with Gasteiger partial charge in [0.1, 0.15) is 11.5 Å². The molecule has 0 radical (unpaired) electrons. The molecular formula is C16H12O4. The van der Waals surface area contributed by atoms with Crippen molar-refractivity contribution in [2.24, 2.45) is 0 Å².